The van der Waals surface area contributed by atoms with Crippen molar-refractivity contribution in [1.82, 2.24) is 0 Å². The van der Waals surface area contributed by atoms with Crippen LogP contribution in [0.1, 0.15) is 5.56 Å². The average Bonchev–Trinajstić information content (AvgIpc) is 2.29. The lowest BCUT2D eigenvalue weighted by atomic mass is 10.1. The van der Waals surface area contributed by atoms with Crippen LogP contribution < -0.4 is 10.5 Å². The Balaban J connectivity index is 2.74. The molecule has 82 valence electrons. The minimum Gasteiger partial charge on any atom is -0.496 e. The highest BCUT2D eigenvalue weighted by Gasteiger charge is 2.06. The third-order valence-corrected chi connectivity index (χ3v) is 3.56. The second-order valence-corrected chi connectivity index (χ2v) is 4.51. The van der Waals surface area contributed by atoms with Gasteiger partial charge in [0.1, 0.15) is 11.6 Å². The summed E-state index contributed by atoms with van der Waals surface area (Å²) < 4.78 is 6.30. The quantitative estimate of drug-likeness (QED) is 0.506. The summed E-state index contributed by atoms with van der Waals surface area (Å²) in [5.41, 5.74) is 6.21. The highest BCUT2D eigenvalue weighted by Crippen LogP contribution is 2.29. The molecule has 0 aromatic heterocycles. The second-order valence-electron chi connectivity index (χ2n) is 3.43. The van der Waals surface area contributed by atoms with Gasteiger partial charge in [0, 0.05) is 5.56 Å². The number of amidine groups is 1. The molecule has 16 heavy (non-hydrogen) atoms. The van der Waals surface area contributed by atoms with E-state index in [1.165, 1.54) is 0 Å². The number of hydrogen-bond acceptors (Lipinski definition) is 2. The smallest absolute Gasteiger partial charge is 0.132 e. The van der Waals surface area contributed by atoms with Gasteiger partial charge in [-0.3, -0.25) is 5.41 Å². The third kappa shape index (κ3) is 1.84. The molecule has 0 unspecified atom stereocenters. The van der Waals surface area contributed by atoms with Gasteiger partial charge in [0.05, 0.1) is 10.7 Å². The zero-order valence-electron chi connectivity index (χ0n) is 8.75. The zero-order valence-corrected chi connectivity index (χ0v) is 10.9. The minimum absolute atomic E-state index is 0.0838. The summed E-state index contributed by atoms with van der Waals surface area (Å²) in [4.78, 5) is 0. The number of benzene rings is 2. The first-order valence-electron chi connectivity index (χ1n) is 4.74. The van der Waals surface area contributed by atoms with E-state index < -0.39 is 0 Å². The second kappa shape index (κ2) is 4.29. The van der Waals surface area contributed by atoms with Gasteiger partial charge in [-0.25, -0.2) is 0 Å². The van der Waals surface area contributed by atoms with Crippen molar-refractivity contribution in [2.75, 3.05) is 7.11 Å². The fraction of sp³-hybridized carbons (Fsp3) is 0.0833. The molecule has 2 aromatic rings. The lowest BCUT2D eigenvalue weighted by Crippen LogP contribution is -2.10. The Morgan fingerprint density at radius 3 is 2.62 bits per heavy atom. The SMILES string of the molecule is COc1ccc2ccc(C(=N)N)cc2c1I. The number of hydrogen-bond donors (Lipinski definition) is 2. The molecule has 0 aliphatic heterocycles. The van der Waals surface area contributed by atoms with E-state index in [0.717, 1.165) is 25.7 Å². The van der Waals surface area contributed by atoms with Crippen molar-refractivity contribution >= 4 is 39.2 Å². The first-order chi connectivity index (χ1) is 7.63. The molecular formula is C12H11IN2O. The molecule has 2 aromatic carbocycles. The number of rotatable bonds is 2. The van der Waals surface area contributed by atoms with Gasteiger partial charge < -0.3 is 10.5 Å². The van der Waals surface area contributed by atoms with Crippen LogP contribution in [-0.4, -0.2) is 12.9 Å². The topological polar surface area (TPSA) is 59.1 Å². The van der Waals surface area contributed by atoms with E-state index in [9.17, 15) is 0 Å². The molecule has 0 radical (unpaired) electrons. The van der Waals surface area contributed by atoms with Gasteiger partial charge in [-0.15, -0.1) is 0 Å². The van der Waals surface area contributed by atoms with E-state index in [1.54, 1.807) is 7.11 Å². The number of nitrogens with two attached hydrogens (primary N) is 1. The maximum atomic E-state index is 7.42. The van der Waals surface area contributed by atoms with E-state index in [0.29, 0.717) is 0 Å². The molecule has 0 fully saturated rings. The van der Waals surface area contributed by atoms with Crippen LogP contribution in [0.25, 0.3) is 10.8 Å². The molecule has 0 atom stereocenters. The van der Waals surface area contributed by atoms with Crippen molar-refractivity contribution in [2.45, 2.75) is 0 Å². The summed E-state index contributed by atoms with van der Waals surface area (Å²) in [6, 6.07) is 9.68. The molecule has 3 nitrogen and oxygen atoms in total. The summed E-state index contributed by atoms with van der Waals surface area (Å²) in [6.07, 6.45) is 0. The van der Waals surface area contributed by atoms with Crippen LogP contribution in [0.4, 0.5) is 0 Å². The Morgan fingerprint density at radius 2 is 2.00 bits per heavy atom. The summed E-state index contributed by atoms with van der Waals surface area (Å²) in [5.74, 6) is 0.925. The number of methoxy groups -OCH3 is 1. The molecule has 0 aliphatic rings. The first-order valence-corrected chi connectivity index (χ1v) is 5.82. The molecule has 0 heterocycles. The predicted molar refractivity (Wildman–Crippen MR) is 74.2 cm³/mol. The molecule has 3 N–H and O–H groups in total. The van der Waals surface area contributed by atoms with E-state index >= 15 is 0 Å². The van der Waals surface area contributed by atoms with Crippen LogP contribution in [0.5, 0.6) is 5.75 Å². The molecular weight excluding hydrogens is 315 g/mol. The molecule has 0 saturated carbocycles. The van der Waals surface area contributed by atoms with Crippen molar-refractivity contribution in [1.29, 1.82) is 5.41 Å². The van der Waals surface area contributed by atoms with Crippen LogP contribution in [0.15, 0.2) is 30.3 Å². The molecule has 2 rings (SSSR count). The Kier molecular flexibility index (Phi) is 3.00. The highest BCUT2D eigenvalue weighted by atomic mass is 127. The van der Waals surface area contributed by atoms with Gasteiger partial charge >= 0.3 is 0 Å². The standard InChI is InChI=1S/C12H11IN2O/c1-16-10-5-4-7-2-3-8(12(14)15)6-9(7)11(10)13/h2-6H,1H3,(H3,14,15). The molecule has 4 heteroatoms. The van der Waals surface area contributed by atoms with Gasteiger partial charge in [0.15, 0.2) is 0 Å². The average molecular weight is 326 g/mol. The predicted octanol–water partition coefficient (Wildman–Crippen LogP) is 2.74. The van der Waals surface area contributed by atoms with Gasteiger partial charge in [0.2, 0.25) is 0 Å². The van der Waals surface area contributed by atoms with Crippen molar-refractivity contribution in [3.05, 3.63) is 39.5 Å². The molecule has 0 amide bonds. The van der Waals surface area contributed by atoms with Crippen molar-refractivity contribution in [3.8, 4) is 5.75 Å². The van der Waals surface area contributed by atoms with Gasteiger partial charge in [-0.2, -0.15) is 0 Å². The highest BCUT2D eigenvalue weighted by molar-refractivity contribution is 14.1. The van der Waals surface area contributed by atoms with E-state index in [2.05, 4.69) is 22.6 Å². The van der Waals surface area contributed by atoms with Gasteiger partial charge in [0.25, 0.3) is 0 Å². The van der Waals surface area contributed by atoms with Crippen molar-refractivity contribution < 1.29 is 4.74 Å². The molecule has 0 spiro atoms. The van der Waals surface area contributed by atoms with E-state index in [4.69, 9.17) is 15.9 Å². The Bertz CT molecular complexity index is 566. The van der Waals surface area contributed by atoms with Crippen LogP contribution in [-0.2, 0) is 0 Å². The number of halogens is 1. The number of nitrogen functional groups attached to an aromatic ring is 1. The molecule has 0 saturated heterocycles. The van der Waals surface area contributed by atoms with E-state index in [-0.39, 0.29) is 5.84 Å². The third-order valence-electron chi connectivity index (χ3n) is 2.45. The lowest BCUT2D eigenvalue weighted by Gasteiger charge is -2.08. The normalized spacial score (nSPS) is 10.4. The Morgan fingerprint density at radius 1 is 1.31 bits per heavy atom. The minimum atomic E-state index is 0.0838. The summed E-state index contributed by atoms with van der Waals surface area (Å²) in [6.45, 7) is 0. The number of ether oxygens (including phenoxy) is 1. The fourth-order valence-corrected chi connectivity index (χ4v) is 2.46. The largest absolute Gasteiger partial charge is 0.496 e. The summed E-state index contributed by atoms with van der Waals surface area (Å²) >= 11 is 2.24. The van der Waals surface area contributed by atoms with Crippen LogP contribution in [0, 0.1) is 8.98 Å². The Hall–Kier alpha value is -1.30. The van der Waals surface area contributed by atoms with Crippen molar-refractivity contribution in [2.24, 2.45) is 5.73 Å². The van der Waals surface area contributed by atoms with Gasteiger partial charge in [-0.05, 0) is 45.5 Å². The van der Waals surface area contributed by atoms with Crippen molar-refractivity contribution in [3.63, 3.8) is 0 Å². The molecule has 0 aliphatic carbocycles. The monoisotopic (exact) mass is 326 g/mol. The summed E-state index contributed by atoms with van der Waals surface area (Å²) in [5, 5.41) is 9.61. The lowest BCUT2D eigenvalue weighted by molar-refractivity contribution is 0.412. The number of nitrogens with one attached hydrogen (secondary N) is 1. The first kappa shape index (κ1) is 11.2. The van der Waals surface area contributed by atoms with Crippen LogP contribution in [0.3, 0.4) is 0 Å². The number of fused-ring (bicyclic) bond motifs is 1. The fourth-order valence-electron chi connectivity index (χ4n) is 1.59. The maximum absolute atomic E-state index is 7.42. The van der Waals surface area contributed by atoms with Gasteiger partial charge in [-0.1, -0.05) is 18.2 Å². The van der Waals surface area contributed by atoms with Crippen LogP contribution >= 0.6 is 22.6 Å². The molecule has 0 bridgehead atoms. The van der Waals surface area contributed by atoms with Crippen LogP contribution in [0.2, 0.25) is 0 Å². The Labute approximate surface area is 107 Å². The maximum Gasteiger partial charge on any atom is 0.132 e. The zero-order chi connectivity index (χ0) is 11.7. The summed E-state index contributed by atoms with van der Waals surface area (Å²) in [7, 11) is 1.65. The van der Waals surface area contributed by atoms with E-state index in [1.807, 2.05) is 30.3 Å².